The van der Waals surface area contributed by atoms with E-state index in [1.165, 1.54) is 4.90 Å². The van der Waals surface area contributed by atoms with Gasteiger partial charge in [-0.1, -0.05) is 48.0 Å². The number of carboxylic acid groups (broad SMARTS) is 1. The van der Waals surface area contributed by atoms with Gasteiger partial charge < -0.3 is 10.2 Å². The van der Waals surface area contributed by atoms with E-state index < -0.39 is 52.8 Å². The quantitative estimate of drug-likeness (QED) is 0.437. The minimum atomic E-state index is -1.23. The molecule has 1 saturated carbocycles. The van der Waals surface area contributed by atoms with Crippen LogP contribution >= 0.6 is 0 Å². The number of carbonyl (C=O) groups excluding carboxylic acids is 4. The smallest absolute Gasteiger partial charge is 0.305 e. The molecule has 2 aliphatic carbocycles. The minimum absolute atomic E-state index is 0.0338. The first-order valence-corrected chi connectivity index (χ1v) is 13.6. The zero-order valence-electron chi connectivity index (χ0n) is 22.2. The van der Waals surface area contributed by atoms with Gasteiger partial charge in [-0.3, -0.25) is 28.9 Å². The molecule has 4 amide bonds. The Morgan fingerprint density at radius 1 is 0.975 bits per heavy atom. The lowest BCUT2D eigenvalue weighted by molar-refractivity contribution is -0.142. The van der Waals surface area contributed by atoms with Crippen molar-refractivity contribution in [3.8, 4) is 5.75 Å². The molecule has 0 bridgehead atoms. The van der Waals surface area contributed by atoms with Gasteiger partial charge in [0.25, 0.3) is 0 Å². The first-order valence-electron chi connectivity index (χ1n) is 13.6. The van der Waals surface area contributed by atoms with Crippen molar-refractivity contribution in [2.24, 2.45) is 29.1 Å². The number of carbonyl (C=O) groups is 5. The lowest BCUT2D eigenvalue weighted by atomic mass is 9.51. The fraction of sp³-hybridized carbons (Fsp3) is 0.387. The highest BCUT2D eigenvalue weighted by molar-refractivity contribution is 6.24. The molecule has 2 aliphatic heterocycles. The number of phenols is 1. The molecule has 9 heteroatoms. The van der Waals surface area contributed by atoms with Crippen molar-refractivity contribution in [1.29, 1.82) is 0 Å². The minimum Gasteiger partial charge on any atom is -0.507 e. The number of benzene rings is 2. The Morgan fingerprint density at radius 2 is 1.70 bits per heavy atom. The van der Waals surface area contributed by atoms with Crippen LogP contribution in [0.5, 0.6) is 5.75 Å². The Hall–Kier alpha value is -4.27. The van der Waals surface area contributed by atoms with E-state index in [4.69, 9.17) is 5.11 Å². The first-order chi connectivity index (χ1) is 19.1. The number of aryl methyl sites for hydroxylation is 1. The normalized spacial score (nSPS) is 31.1. The van der Waals surface area contributed by atoms with Gasteiger partial charge in [0.2, 0.25) is 23.6 Å². The fourth-order valence-electron chi connectivity index (χ4n) is 7.59. The van der Waals surface area contributed by atoms with E-state index in [0.717, 1.165) is 10.5 Å². The van der Waals surface area contributed by atoms with Gasteiger partial charge >= 0.3 is 5.97 Å². The summed E-state index contributed by atoms with van der Waals surface area (Å²) in [4.78, 5) is 68.7. The molecule has 4 aliphatic rings. The number of hydrogen-bond donors (Lipinski definition) is 2. The lowest BCUT2D eigenvalue weighted by Gasteiger charge is -2.49. The summed E-state index contributed by atoms with van der Waals surface area (Å²) in [5.41, 5.74) is 1.14. The Bertz CT molecular complexity index is 1500. The molecule has 0 spiro atoms. The molecule has 2 aromatic carbocycles. The summed E-state index contributed by atoms with van der Waals surface area (Å²) in [6, 6.07) is 14.0. The number of imide groups is 2. The summed E-state index contributed by atoms with van der Waals surface area (Å²) in [6.45, 7) is 3.34. The number of allylic oxidation sites excluding steroid dienone is 2. The average Bonchev–Trinajstić information content (AvgIpc) is 3.29. The standard InChI is InChI=1S/C31H30N2O7/c1-16-7-6-10-20(26(16)36)25-18-11-12-19-24(29(39)32(27(19)37)14-13-23(34)35)21(18)15-22-28(38)33(30(40)31(22,25)2)17-8-4-3-5-9-17/h3-11,19,21-22,24-25,36H,12-15H2,1-2H3,(H,34,35). The van der Waals surface area contributed by atoms with Crippen molar-refractivity contribution >= 4 is 35.3 Å². The van der Waals surface area contributed by atoms with Gasteiger partial charge in [0.1, 0.15) is 5.75 Å². The zero-order valence-corrected chi connectivity index (χ0v) is 22.2. The third-order valence-corrected chi connectivity index (χ3v) is 9.51. The summed E-state index contributed by atoms with van der Waals surface area (Å²) >= 11 is 0. The summed E-state index contributed by atoms with van der Waals surface area (Å²) < 4.78 is 0. The second-order valence-corrected chi connectivity index (χ2v) is 11.5. The third kappa shape index (κ3) is 3.49. The molecule has 2 aromatic rings. The number of likely N-dealkylation sites (tertiary alicyclic amines) is 1. The van der Waals surface area contributed by atoms with Gasteiger partial charge in [-0.15, -0.1) is 0 Å². The molecule has 6 atom stereocenters. The highest BCUT2D eigenvalue weighted by atomic mass is 16.4. The third-order valence-electron chi connectivity index (χ3n) is 9.51. The van der Waals surface area contributed by atoms with Gasteiger partial charge in [0.15, 0.2) is 0 Å². The number of rotatable bonds is 5. The monoisotopic (exact) mass is 542 g/mol. The molecule has 6 rings (SSSR count). The molecule has 206 valence electrons. The largest absolute Gasteiger partial charge is 0.507 e. The van der Waals surface area contributed by atoms with E-state index in [1.54, 1.807) is 62.4 Å². The van der Waals surface area contributed by atoms with Crippen LogP contribution in [0.1, 0.15) is 43.2 Å². The number of nitrogens with zero attached hydrogens (tertiary/aromatic N) is 2. The molecule has 2 saturated heterocycles. The van der Waals surface area contributed by atoms with E-state index in [2.05, 4.69) is 0 Å². The maximum absolute atomic E-state index is 14.3. The molecule has 3 fully saturated rings. The lowest BCUT2D eigenvalue weighted by Crippen LogP contribution is -2.49. The Kier molecular flexibility index (Phi) is 5.94. The van der Waals surface area contributed by atoms with Gasteiger partial charge in [0.05, 0.1) is 35.3 Å². The summed E-state index contributed by atoms with van der Waals surface area (Å²) in [5.74, 6) is -6.03. The summed E-state index contributed by atoms with van der Waals surface area (Å²) in [5, 5.41) is 20.4. The van der Waals surface area contributed by atoms with E-state index in [0.29, 0.717) is 16.8 Å². The van der Waals surface area contributed by atoms with Crippen LogP contribution in [0.3, 0.4) is 0 Å². The van der Waals surface area contributed by atoms with Crippen LogP contribution in [-0.2, 0) is 24.0 Å². The van der Waals surface area contributed by atoms with Crippen LogP contribution in [0.15, 0.2) is 60.2 Å². The molecule has 0 radical (unpaired) electrons. The molecule has 40 heavy (non-hydrogen) atoms. The van der Waals surface area contributed by atoms with Crippen LogP contribution in [0, 0.1) is 36.0 Å². The topological polar surface area (TPSA) is 132 Å². The van der Waals surface area contributed by atoms with Gasteiger partial charge in [-0.05, 0) is 50.3 Å². The average molecular weight is 543 g/mol. The van der Waals surface area contributed by atoms with Crippen LogP contribution in [0.4, 0.5) is 5.69 Å². The predicted molar refractivity (Wildman–Crippen MR) is 143 cm³/mol. The first kappa shape index (κ1) is 26.0. The Labute approximate surface area is 231 Å². The number of para-hydroxylation sites is 2. The van der Waals surface area contributed by atoms with Crippen LogP contribution in [0.25, 0.3) is 0 Å². The van der Waals surface area contributed by atoms with Crippen LogP contribution in [-0.4, -0.2) is 51.3 Å². The summed E-state index contributed by atoms with van der Waals surface area (Å²) in [7, 11) is 0. The van der Waals surface area contributed by atoms with E-state index in [-0.39, 0.29) is 43.4 Å². The number of hydrogen-bond acceptors (Lipinski definition) is 6. The SMILES string of the molecule is Cc1cccc(C2C3=CCC4C(=O)N(CCC(=O)O)C(=O)C4C3CC3C(=O)N(c4ccccc4)C(=O)C32C)c1O. The molecular formula is C31H30N2O7. The molecule has 0 aromatic heterocycles. The van der Waals surface area contributed by atoms with Crippen molar-refractivity contribution in [1.82, 2.24) is 4.90 Å². The number of phenolic OH excluding ortho intramolecular Hbond substituents is 1. The van der Waals surface area contributed by atoms with Crippen molar-refractivity contribution < 1.29 is 34.2 Å². The number of aliphatic carboxylic acids is 1. The Morgan fingerprint density at radius 3 is 2.40 bits per heavy atom. The maximum atomic E-state index is 14.3. The van der Waals surface area contributed by atoms with E-state index in [1.807, 2.05) is 6.08 Å². The molecule has 6 unspecified atom stereocenters. The number of carboxylic acids is 1. The number of anilines is 1. The molecule has 9 nitrogen and oxygen atoms in total. The van der Waals surface area contributed by atoms with Gasteiger partial charge in [-0.2, -0.15) is 0 Å². The molecule has 2 N–H and O–H groups in total. The van der Waals surface area contributed by atoms with Crippen LogP contribution < -0.4 is 4.90 Å². The highest BCUT2D eigenvalue weighted by Crippen LogP contribution is 2.64. The summed E-state index contributed by atoms with van der Waals surface area (Å²) in [6.07, 6.45) is 2.03. The van der Waals surface area contributed by atoms with E-state index in [9.17, 15) is 29.1 Å². The zero-order chi connectivity index (χ0) is 28.5. The second-order valence-electron chi connectivity index (χ2n) is 11.5. The molecular weight excluding hydrogens is 512 g/mol. The number of aromatic hydroxyl groups is 1. The molecule has 2 heterocycles. The maximum Gasteiger partial charge on any atom is 0.305 e. The van der Waals surface area contributed by atoms with Crippen molar-refractivity contribution in [2.45, 2.75) is 39.0 Å². The number of amides is 4. The van der Waals surface area contributed by atoms with Crippen molar-refractivity contribution in [2.75, 3.05) is 11.4 Å². The fourth-order valence-corrected chi connectivity index (χ4v) is 7.59. The van der Waals surface area contributed by atoms with Gasteiger partial charge in [-0.25, -0.2) is 4.90 Å². The van der Waals surface area contributed by atoms with Gasteiger partial charge in [0, 0.05) is 18.0 Å². The predicted octanol–water partition coefficient (Wildman–Crippen LogP) is 3.41. The van der Waals surface area contributed by atoms with E-state index >= 15 is 0 Å². The number of fused-ring (bicyclic) bond motifs is 4. The van der Waals surface area contributed by atoms with Crippen molar-refractivity contribution in [3.63, 3.8) is 0 Å². The van der Waals surface area contributed by atoms with Crippen LogP contribution in [0.2, 0.25) is 0 Å². The van der Waals surface area contributed by atoms with Crippen molar-refractivity contribution in [3.05, 3.63) is 71.3 Å². The highest BCUT2D eigenvalue weighted by Gasteiger charge is 2.67. The second kappa shape index (κ2) is 9.15. The Balaban J connectivity index is 1.50.